The number of carbonyl (C=O) groups excluding carboxylic acids is 1. The van der Waals surface area contributed by atoms with Crippen LogP contribution in [0.4, 0.5) is 13.2 Å². The van der Waals surface area contributed by atoms with Crippen LogP contribution in [0.2, 0.25) is 5.02 Å². The molecule has 0 heterocycles. The third kappa shape index (κ3) is 7.12. The Labute approximate surface area is 183 Å². The Bertz CT molecular complexity index is 995. The number of ether oxygens (including phenoxy) is 1. The van der Waals surface area contributed by atoms with Crippen molar-refractivity contribution < 1.29 is 31.1 Å². The highest BCUT2D eigenvalue weighted by molar-refractivity contribution is 7.89. The number of rotatable bonds is 9. The number of amides is 1. The van der Waals surface area contributed by atoms with Crippen molar-refractivity contribution >= 4 is 27.5 Å². The minimum absolute atomic E-state index is 0.0528. The summed E-state index contributed by atoms with van der Waals surface area (Å²) < 4.78 is 68.6. The molecule has 0 aromatic heterocycles. The number of hydrogen-bond donors (Lipinski definition) is 1. The van der Waals surface area contributed by atoms with Crippen LogP contribution in [0.3, 0.4) is 0 Å². The summed E-state index contributed by atoms with van der Waals surface area (Å²) in [4.78, 5) is 12.1. The lowest BCUT2D eigenvalue weighted by Gasteiger charge is -2.30. The number of benzene rings is 2. The number of hydrogen-bond acceptors (Lipinski definition) is 4. The van der Waals surface area contributed by atoms with Gasteiger partial charge in [0.2, 0.25) is 15.9 Å². The molecule has 11 heteroatoms. The summed E-state index contributed by atoms with van der Waals surface area (Å²) in [6.45, 7) is 3.34. The number of alkyl halides is 3. The summed E-state index contributed by atoms with van der Waals surface area (Å²) in [6.07, 6.45) is -4.68. The lowest BCUT2D eigenvalue weighted by molar-refractivity contribution is -0.274. The van der Waals surface area contributed by atoms with Gasteiger partial charge < -0.3 is 10.5 Å². The van der Waals surface area contributed by atoms with E-state index in [0.717, 1.165) is 16.4 Å². The molecule has 0 spiro atoms. The van der Waals surface area contributed by atoms with E-state index < -0.39 is 34.1 Å². The molecule has 0 aliphatic rings. The molecule has 0 saturated carbocycles. The van der Waals surface area contributed by atoms with E-state index in [1.807, 2.05) is 13.8 Å². The summed E-state index contributed by atoms with van der Waals surface area (Å²) in [5.74, 6) is -1.33. The van der Waals surface area contributed by atoms with Crippen molar-refractivity contribution in [2.45, 2.75) is 44.1 Å². The van der Waals surface area contributed by atoms with Crippen LogP contribution in [0.25, 0.3) is 0 Å². The molecule has 0 saturated heterocycles. The average molecular weight is 479 g/mol. The van der Waals surface area contributed by atoms with Gasteiger partial charge in [0.25, 0.3) is 0 Å². The zero-order valence-electron chi connectivity index (χ0n) is 16.8. The van der Waals surface area contributed by atoms with Gasteiger partial charge in [0.1, 0.15) is 11.8 Å². The molecule has 0 radical (unpaired) electrons. The third-order valence-electron chi connectivity index (χ3n) is 4.29. The van der Waals surface area contributed by atoms with Crippen molar-refractivity contribution in [2.24, 2.45) is 11.7 Å². The van der Waals surface area contributed by atoms with Crippen LogP contribution in [0.15, 0.2) is 53.4 Å². The van der Waals surface area contributed by atoms with E-state index in [1.165, 1.54) is 36.4 Å². The Morgan fingerprint density at radius 3 is 2.10 bits per heavy atom. The zero-order chi connectivity index (χ0) is 23.4. The smallest absolute Gasteiger partial charge is 0.406 e. The maximum absolute atomic E-state index is 13.3. The van der Waals surface area contributed by atoms with Crippen LogP contribution in [-0.2, 0) is 21.4 Å². The number of primary amides is 1. The molecule has 0 aliphatic carbocycles. The van der Waals surface area contributed by atoms with Crippen LogP contribution < -0.4 is 10.5 Å². The molecule has 6 nitrogen and oxygen atoms in total. The van der Waals surface area contributed by atoms with Gasteiger partial charge in [-0.15, -0.1) is 13.2 Å². The predicted octanol–water partition coefficient (Wildman–Crippen LogP) is 4.33. The molecule has 1 amide bonds. The van der Waals surface area contributed by atoms with Gasteiger partial charge in [-0.25, -0.2) is 8.42 Å². The molecular formula is C20H22ClF3N2O4S. The van der Waals surface area contributed by atoms with Crippen LogP contribution in [0, 0.1) is 5.92 Å². The number of halogens is 4. The highest BCUT2D eigenvalue weighted by Crippen LogP contribution is 2.27. The number of nitrogens with zero attached hydrogens (tertiary/aromatic N) is 1. The number of sulfonamides is 1. The Kier molecular flexibility index (Phi) is 7.96. The first kappa shape index (κ1) is 25.0. The van der Waals surface area contributed by atoms with E-state index in [4.69, 9.17) is 17.3 Å². The maximum Gasteiger partial charge on any atom is 0.573 e. The van der Waals surface area contributed by atoms with Gasteiger partial charge >= 0.3 is 6.36 Å². The fraction of sp³-hybridized carbons (Fsp3) is 0.350. The van der Waals surface area contributed by atoms with Crippen molar-refractivity contribution in [3.63, 3.8) is 0 Å². The maximum atomic E-state index is 13.3. The van der Waals surface area contributed by atoms with Crippen molar-refractivity contribution in [1.82, 2.24) is 4.31 Å². The molecule has 2 N–H and O–H groups in total. The van der Waals surface area contributed by atoms with E-state index >= 15 is 0 Å². The van der Waals surface area contributed by atoms with E-state index in [0.29, 0.717) is 10.6 Å². The Morgan fingerprint density at radius 2 is 1.65 bits per heavy atom. The van der Waals surface area contributed by atoms with Crippen LogP contribution >= 0.6 is 11.6 Å². The van der Waals surface area contributed by atoms with Gasteiger partial charge in [0.05, 0.1) is 4.90 Å². The topological polar surface area (TPSA) is 89.7 Å². The van der Waals surface area contributed by atoms with Gasteiger partial charge in [0, 0.05) is 11.6 Å². The predicted molar refractivity (Wildman–Crippen MR) is 110 cm³/mol. The van der Waals surface area contributed by atoms with Crippen molar-refractivity contribution in [3.05, 3.63) is 59.1 Å². The minimum atomic E-state index is -4.85. The van der Waals surface area contributed by atoms with Crippen LogP contribution in [0.5, 0.6) is 5.75 Å². The SMILES string of the molecule is CC(C)C[C@H](C(N)=O)N(Cc1ccc(OC(F)(F)F)cc1)S(=O)(=O)c1ccc(Cl)cc1. The van der Waals surface area contributed by atoms with Gasteiger partial charge in [0.15, 0.2) is 0 Å². The largest absolute Gasteiger partial charge is 0.573 e. The highest BCUT2D eigenvalue weighted by Gasteiger charge is 2.35. The Balaban J connectivity index is 2.44. The molecule has 0 unspecified atom stereocenters. The molecule has 2 aromatic carbocycles. The number of carbonyl (C=O) groups is 1. The van der Waals surface area contributed by atoms with Crippen LogP contribution in [0.1, 0.15) is 25.8 Å². The molecule has 2 rings (SSSR count). The average Bonchev–Trinajstić information content (AvgIpc) is 2.64. The third-order valence-corrected chi connectivity index (χ3v) is 6.41. The van der Waals surface area contributed by atoms with E-state index in [9.17, 15) is 26.4 Å². The normalized spacial score (nSPS) is 13.4. The summed E-state index contributed by atoms with van der Waals surface area (Å²) >= 11 is 5.84. The molecule has 0 aliphatic heterocycles. The highest BCUT2D eigenvalue weighted by atomic mass is 35.5. The number of nitrogens with two attached hydrogens (primary N) is 1. The fourth-order valence-corrected chi connectivity index (χ4v) is 4.62. The summed E-state index contributed by atoms with van der Waals surface area (Å²) in [5.41, 5.74) is 5.87. The van der Waals surface area contributed by atoms with Crippen molar-refractivity contribution in [3.8, 4) is 5.75 Å². The molecular weight excluding hydrogens is 457 g/mol. The van der Waals surface area contributed by atoms with E-state index in [1.54, 1.807) is 0 Å². The second kappa shape index (κ2) is 9.88. The second-order valence-electron chi connectivity index (χ2n) is 7.24. The summed E-state index contributed by atoms with van der Waals surface area (Å²) in [5, 5.41) is 0.333. The van der Waals surface area contributed by atoms with Gasteiger partial charge in [-0.3, -0.25) is 4.79 Å². The first-order valence-corrected chi connectivity index (χ1v) is 11.0. The van der Waals surface area contributed by atoms with Crippen molar-refractivity contribution in [2.75, 3.05) is 0 Å². The molecule has 0 bridgehead atoms. The van der Waals surface area contributed by atoms with Crippen molar-refractivity contribution in [1.29, 1.82) is 0 Å². The minimum Gasteiger partial charge on any atom is -0.406 e. The Hall–Kier alpha value is -2.30. The molecule has 0 fully saturated rings. The second-order valence-corrected chi connectivity index (χ2v) is 9.57. The standard InChI is InChI=1S/C20H22ClF3N2O4S/c1-13(2)11-18(19(25)27)26(31(28,29)17-9-5-15(21)6-10-17)12-14-3-7-16(8-4-14)30-20(22,23)24/h3-10,13,18H,11-12H2,1-2H3,(H2,25,27)/t18-/m1/s1. The summed E-state index contributed by atoms with van der Waals surface area (Å²) in [6, 6.07) is 8.96. The zero-order valence-corrected chi connectivity index (χ0v) is 18.3. The summed E-state index contributed by atoms with van der Waals surface area (Å²) in [7, 11) is -4.18. The first-order valence-electron chi connectivity index (χ1n) is 9.21. The molecule has 170 valence electrons. The molecule has 2 aromatic rings. The fourth-order valence-electron chi connectivity index (χ4n) is 2.90. The molecule has 1 atom stereocenters. The van der Waals surface area contributed by atoms with Gasteiger partial charge in [-0.05, 0) is 54.3 Å². The Morgan fingerprint density at radius 1 is 1.10 bits per heavy atom. The monoisotopic (exact) mass is 478 g/mol. The van der Waals surface area contributed by atoms with E-state index in [2.05, 4.69) is 4.74 Å². The lowest BCUT2D eigenvalue weighted by atomic mass is 10.0. The molecule has 31 heavy (non-hydrogen) atoms. The van der Waals surface area contributed by atoms with E-state index in [-0.39, 0.29) is 23.8 Å². The van der Waals surface area contributed by atoms with Gasteiger partial charge in [-0.2, -0.15) is 4.31 Å². The van der Waals surface area contributed by atoms with Crippen LogP contribution in [-0.4, -0.2) is 31.0 Å². The lowest BCUT2D eigenvalue weighted by Crippen LogP contribution is -2.48. The van der Waals surface area contributed by atoms with Gasteiger partial charge in [-0.1, -0.05) is 37.6 Å². The first-order chi connectivity index (χ1) is 14.3. The quantitative estimate of drug-likeness (QED) is 0.581.